The van der Waals surface area contributed by atoms with Crippen molar-refractivity contribution in [2.24, 2.45) is 5.92 Å². The molecular formula is C33H37N5O4S. The maximum Gasteiger partial charge on any atom is 0.255 e. The molecule has 2 aromatic carbocycles. The Morgan fingerprint density at radius 1 is 1.00 bits per heavy atom. The lowest BCUT2D eigenvalue weighted by Gasteiger charge is -2.47. The highest BCUT2D eigenvalue weighted by molar-refractivity contribution is 7.84. The number of nitrogens with one attached hydrogen (secondary N) is 1. The molecule has 9 nitrogen and oxygen atoms in total. The van der Waals surface area contributed by atoms with Crippen molar-refractivity contribution in [3.8, 4) is 6.07 Å². The summed E-state index contributed by atoms with van der Waals surface area (Å²) in [6.07, 6.45) is 6.01. The zero-order valence-electron chi connectivity index (χ0n) is 24.4. The van der Waals surface area contributed by atoms with Crippen LogP contribution in [0, 0.1) is 22.5 Å². The van der Waals surface area contributed by atoms with E-state index in [-0.39, 0.29) is 28.3 Å². The van der Waals surface area contributed by atoms with E-state index in [1.807, 2.05) is 18.2 Å². The Bertz CT molecular complexity index is 1490. The molecule has 5 rings (SSSR count). The zero-order valence-corrected chi connectivity index (χ0v) is 25.2. The Morgan fingerprint density at radius 2 is 1.65 bits per heavy atom. The summed E-state index contributed by atoms with van der Waals surface area (Å²) in [6.45, 7) is 3.09. The molecule has 1 aromatic heterocycles. The van der Waals surface area contributed by atoms with Gasteiger partial charge >= 0.3 is 0 Å². The summed E-state index contributed by atoms with van der Waals surface area (Å²) in [5.41, 5.74) is 3.54. The SMILES string of the molecule is CS(=O)c1ccc(C(=O)C2CCN(C(=O)c3ccc(CNC4CC[N+]([O-])(Cc5ccc(C#N)cc5)CC4)nc3)CC2)cc1. The van der Waals surface area contributed by atoms with Crippen LogP contribution in [-0.4, -0.2) is 68.9 Å². The molecule has 1 N–H and O–H groups in total. The summed E-state index contributed by atoms with van der Waals surface area (Å²) in [7, 11) is -1.08. The summed E-state index contributed by atoms with van der Waals surface area (Å²) >= 11 is 0. The van der Waals surface area contributed by atoms with Crippen LogP contribution in [0.25, 0.3) is 0 Å². The van der Waals surface area contributed by atoms with Crippen LogP contribution in [0.5, 0.6) is 0 Å². The fourth-order valence-corrected chi connectivity index (χ4v) is 6.42. The molecule has 224 valence electrons. The largest absolute Gasteiger partial charge is 0.633 e. The first-order chi connectivity index (χ1) is 20.7. The van der Waals surface area contributed by atoms with Gasteiger partial charge in [-0.2, -0.15) is 5.26 Å². The van der Waals surface area contributed by atoms with Crippen molar-refractivity contribution in [1.82, 2.24) is 15.2 Å². The van der Waals surface area contributed by atoms with Gasteiger partial charge in [-0.25, -0.2) is 0 Å². The van der Waals surface area contributed by atoms with E-state index in [0.29, 0.717) is 73.7 Å². The smallest absolute Gasteiger partial charge is 0.255 e. The van der Waals surface area contributed by atoms with Crippen LogP contribution in [0.15, 0.2) is 71.8 Å². The molecule has 0 saturated carbocycles. The number of Topliss-reactive ketones (excluding diaryl/α,β-unsaturated/α-hetero) is 1. The first-order valence-corrected chi connectivity index (χ1v) is 16.3. The first kappa shape index (κ1) is 30.7. The number of benzene rings is 2. The van der Waals surface area contributed by atoms with Crippen molar-refractivity contribution in [2.45, 2.75) is 49.7 Å². The number of nitrogens with zero attached hydrogens (tertiary/aromatic N) is 4. The highest BCUT2D eigenvalue weighted by atomic mass is 32.2. The minimum Gasteiger partial charge on any atom is -0.633 e. The molecule has 2 saturated heterocycles. The topological polar surface area (TPSA) is 126 Å². The number of nitriles is 1. The van der Waals surface area contributed by atoms with Crippen LogP contribution in [0.4, 0.5) is 0 Å². The molecule has 1 unspecified atom stereocenters. The number of carbonyl (C=O) groups is 2. The molecule has 43 heavy (non-hydrogen) atoms. The second-order valence-electron chi connectivity index (χ2n) is 11.6. The van der Waals surface area contributed by atoms with Crippen LogP contribution < -0.4 is 5.32 Å². The van der Waals surface area contributed by atoms with Crippen molar-refractivity contribution >= 4 is 22.5 Å². The van der Waals surface area contributed by atoms with E-state index >= 15 is 0 Å². The van der Waals surface area contributed by atoms with Crippen molar-refractivity contribution in [3.63, 3.8) is 0 Å². The lowest BCUT2D eigenvalue weighted by atomic mass is 9.88. The van der Waals surface area contributed by atoms with Gasteiger partial charge in [0.2, 0.25) is 0 Å². The van der Waals surface area contributed by atoms with Crippen molar-refractivity contribution in [3.05, 3.63) is 100 Å². The molecule has 1 amide bonds. The van der Waals surface area contributed by atoms with E-state index in [4.69, 9.17) is 5.26 Å². The van der Waals surface area contributed by atoms with E-state index in [0.717, 1.165) is 24.1 Å². The van der Waals surface area contributed by atoms with E-state index in [1.54, 1.807) is 59.8 Å². The van der Waals surface area contributed by atoms with E-state index in [2.05, 4.69) is 16.4 Å². The van der Waals surface area contributed by atoms with Gasteiger partial charge in [0, 0.05) is 83.7 Å². The number of amides is 1. The third kappa shape index (κ3) is 7.80. The van der Waals surface area contributed by atoms with Gasteiger partial charge in [-0.15, -0.1) is 0 Å². The van der Waals surface area contributed by atoms with Gasteiger partial charge in [-0.05, 0) is 49.2 Å². The maximum absolute atomic E-state index is 13.2. The van der Waals surface area contributed by atoms with Crippen LogP contribution in [0.3, 0.4) is 0 Å². The fraction of sp³-hybridized carbons (Fsp3) is 0.394. The number of aromatic nitrogens is 1. The number of rotatable bonds is 9. The molecule has 0 aliphatic carbocycles. The number of carbonyl (C=O) groups excluding carboxylic acids is 2. The first-order valence-electron chi connectivity index (χ1n) is 14.7. The fourth-order valence-electron chi connectivity index (χ4n) is 5.90. The normalized spacial score (nSPS) is 21.6. The summed E-state index contributed by atoms with van der Waals surface area (Å²) in [5, 5.41) is 25.7. The maximum atomic E-state index is 13.2. The lowest BCUT2D eigenvalue weighted by Crippen LogP contribution is -2.51. The van der Waals surface area contributed by atoms with Crippen molar-refractivity contribution in [1.29, 1.82) is 5.26 Å². The van der Waals surface area contributed by atoms with Crippen LogP contribution in [0.2, 0.25) is 0 Å². The number of ketones is 1. The summed E-state index contributed by atoms with van der Waals surface area (Å²) in [6, 6.07) is 20.2. The molecular weight excluding hydrogens is 562 g/mol. The van der Waals surface area contributed by atoms with Crippen molar-refractivity contribution < 1.29 is 18.4 Å². The second-order valence-corrected chi connectivity index (χ2v) is 13.0. The van der Waals surface area contributed by atoms with Gasteiger partial charge in [0.15, 0.2) is 5.78 Å². The van der Waals surface area contributed by atoms with E-state index in [1.165, 1.54) is 0 Å². The van der Waals surface area contributed by atoms with Gasteiger partial charge in [-0.3, -0.25) is 18.8 Å². The Balaban J connectivity index is 1.05. The minimum absolute atomic E-state index is 0.0724. The highest BCUT2D eigenvalue weighted by Crippen LogP contribution is 2.25. The summed E-state index contributed by atoms with van der Waals surface area (Å²) in [5.74, 6) is -0.134. The van der Waals surface area contributed by atoms with E-state index < -0.39 is 10.8 Å². The number of hydrogen-bond acceptors (Lipinski definition) is 7. The molecule has 3 aromatic rings. The standard InChI is InChI=1S/C33H37N5O4S/c1-43(42)31-10-7-26(8-11-31)32(39)27-12-16-37(17-13-27)33(40)28-6-9-30(35-21-28)22-36-29-14-18-38(41,19-15-29)23-25-4-2-24(20-34)3-5-25/h2-11,21,27,29,36H,12-19,22-23H2,1H3. The molecule has 2 aliphatic heterocycles. The number of hydrogen-bond donors (Lipinski definition) is 1. The second kappa shape index (κ2) is 13.7. The van der Waals surface area contributed by atoms with Crippen LogP contribution in [-0.2, 0) is 23.9 Å². The number of piperidine rings is 2. The summed E-state index contributed by atoms with van der Waals surface area (Å²) < 4.78 is 11.4. The Hall–Kier alpha value is -3.75. The number of hydroxylamine groups is 3. The molecule has 0 bridgehead atoms. The van der Waals surface area contributed by atoms with E-state index in [9.17, 15) is 19.0 Å². The number of quaternary nitrogens is 1. The van der Waals surface area contributed by atoms with Gasteiger partial charge in [0.05, 0.1) is 36.0 Å². The Morgan fingerprint density at radius 3 is 2.23 bits per heavy atom. The molecule has 0 radical (unpaired) electrons. The summed E-state index contributed by atoms with van der Waals surface area (Å²) in [4.78, 5) is 33.0. The Kier molecular flexibility index (Phi) is 9.78. The third-order valence-corrected chi connectivity index (χ3v) is 9.53. The number of pyridine rings is 1. The van der Waals surface area contributed by atoms with Gasteiger partial charge in [0.25, 0.3) is 5.91 Å². The quantitative estimate of drug-likeness (QED) is 0.222. The van der Waals surface area contributed by atoms with Gasteiger partial charge in [-0.1, -0.05) is 24.3 Å². The molecule has 1 atom stereocenters. The average molecular weight is 600 g/mol. The van der Waals surface area contributed by atoms with Crippen molar-refractivity contribution in [2.75, 3.05) is 32.4 Å². The minimum atomic E-state index is -1.08. The number of likely N-dealkylation sites (tertiary alicyclic amines) is 2. The molecule has 0 spiro atoms. The predicted octanol–water partition coefficient (Wildman–Crippen LogP) is 4.19. The zero-order chi connectivity index (χ0) is 30.4. The monoisotopic (exact) mass is 599 g/mol. The average Bonchev–Trinajstić information content (AvgIpc) is 3.04. The molecule has 10 heteroatoms. The highest BCUT2D eigenvalue weighted by Gasteiger charge is 2.29. The molecule has 2 aliphatic rings. The van der Waals surface area contributed by atoms with Gasteiger partial charge in [0.1, 0.15) is 6.54 Å². The Labute approximate surface area is 255 Å². The predicted molar refractivity (Wildman–Crippen MR) is 164 cm³/mol. The third-order valence-electron chi connectivity index (χ3n) is 8.59. The van der Waals surface area contributed by atoms with Crippen LogP contribution in [0.1, 0.15) is 63.2 Å². The van der Waals surface area contributed by atoms with Crippen LogP contribution >= 0.6 is 0 Å². The van der Waals surface area contributed by atoms with Gasteiger partial charge < -0.3 is 20.1 Å². The molecule has 3 heterocycles. The molecule has 2 fully saturated rings. The lowest BCUT2D eigenvalue weighted by molar-refractivity contribution is -0.899.